The number of hydrogen-bond acceptors (Lipinski definition) is 8. The first-order valence-electron chi connectivity index (χ1n) is 11.1. The second kappa shape index (κ2) is 16.2. The summed E-state index contributed by atoms with van der Waals surface area (Å²) in [7, 11) is 0. The minimum absolute atomic E-state index is 0.0588. The molecule has 0 fully saturated rings. The van der Waals surface area contributed by atoms with Gasteiger partial charge in [0.1, 0.15) is 18.1 Å². The Morgan fingerprint density at radius 2 is 1.51 bits per heavy atom. The Morgan fingerprint density at radius 1 is 0.914 bits per heavy atom. The van der Waals surface area contributed by atoms with Crippen molar-refractivity contribution < 1.29 is 39.3 Å². The molecule has 15 heteroatoms. The fraction of sp³-hybridized carbons (Fsp3) is 0.700. The van der Waals surface area contributed by atoms with E-state index in [1.807, 2.05) is 0 Å². The number of hydrogen-bond donors (Lipinski definition) is 9. The van der Waals surface area contributed by atoms with Gasteiger partial charge in [-0.1, -0.05) is 20.3 Å². The van der Waals surface area contributed by atoms with Crippen molar-refractivity contribution in [1.82, 2.24) is 16.0 Å². The first kappa shape index (κ1) is 31.5. The highest BCUT2D eigenvalue weighted by atomic mass is 16.4. The molecule has 5 atom stereocenters. The highest BCUT2D eigenvalue weighted by Gasteiger charge is 2.32. The van der Waals surface area contributed by atoms with Crippen LogP contribution in [0.1, 0.15) is 46.0 Å². The Hall–Kier alpha value is -3.46. The van der Waals surface area contributed by atoms with Crippen molar-refractivity contribution in [2.45, 2.75) is 70.1 Å². The summed E-state index contributed by atoms with van der Waals surface area (Å²) in [5, 5.41) is 34.2. The summed E-state index contributed by atoms with van der Waals surface area (Å²) in [5.74, 6) is -5.49. The summed E-state index contributed by atoms with van der Waals surface area (Å²) in [6.07, 6.45) is 0.271. The van der Waals surface area contributed by atoms with Gasteiger partial charge in [-0.15, -0.1) is 0 Å². The molecular formula is C20H37N7O8. The van der Waals surface area contributed by atoms with Crippen LogP contribution in [0.15, 0.2) is 4.99 Å². The highest BCUT2D eigenvalue weighted by Crippen LogP contribution is 2.10. The topological polar surface area (TPSA) is 273 Å². The third-order valence-corrected chi connectivity index (χ3v) is 5.17. The van der Waals surface area contributed by atoms with E-state index in [9.17, 15) is 29.1 Å². The van der Waals surface area contributed by atoms with Crippen LogP contribution in [0.5, 0.6) is 0 Å². The van der Waals surface area contributed by atoms with Gasteiger partial charge in [-0.25, -0.2) is 4.79 Å². The van der Waals surface area contributed by atoms with Gasteiger partial charge < -0.3 is 48.5 Å². The molecule has 0 aromatic rings. The van der Waals surface area contributed by atoms with Gasteiger partial charge >= 0.3 is 11.9 Å². The second-order valence-corrected chi connectivity index (χ2v) is 8.00. The van der Waals surface area contributed by atoms with Crippen molar-refractivity contribution in [2.75, 3.05) is 13.2 Å². The zero-order chi connectivity index (χ0) is 27.1. The van der Waals surface area contributed by atoms with Crippen LogP contribution in [0.4, 0.5) is 0 Å². The molecule has 0 heterocycles. The Kier molecular flexibility index (Phi) is 14.6. The SMILES string of the molecule is CCC(C)C(NC(=O)C(CCCN=C(N)N)NC(=O)C(N)CCC(=O)O)C(=O)NC(CO)C(=O)O. The fourth-order valence-electron chi connectivity index (χ4n) is 2.86. The maximum absolute atomic E-state index is 13.0. The number of aliphatic hydroxyl groups excluding tert-OH is 1. The molecule has 0 aliphatic carbocycles. The molecule has 0 saturated carbocycles. The van der Waals surface area contributed by atoms with Crippen LogP contribution in [0.3, 0.4) is 0 Å². The average molecular weight is 504 g/mol. The Morgan fingerprint density at radius 3 is 2.00 bits per heavy atom. The maximum atomic E-state index is 13.0. The van der Waals surface area contributed by atoms with Gasteiger partial charge in [0.2, 0.25) is 17.7 Å². The lowest BCUT2D eigenvalue weighted by Gasteiger charge is -2.28. The van der Waals surface area contributed by atoms with E-state index in [1.54, 1.807) is 13.8 Å². The third-order valence-electron chi connectivity index (χ3n) is 5.17. The summed E-state index contributed by atoms with van der Waals surface area (Å²) < 4.78 is 0. The molecule has 0 saturated heterocycles. The van der Waals surface area contributed by atoms with E-state index in [0.717, 1.165) is 0 Å². The zero-order valence-corrected chi connectivity index (χ0v) is 19.9. The van der Waals surface area contributed by atoms with Crippen LogP contribution < -0.4 is 33.2 Å². The maximum Gasteiger partial charge on any atom is 0.328 e. The normalized spacial score (nSPS) is 15.0. The molecule has 0 bridgehead atoms. The van der Waals surface area contributed by atoms with Gasteiger partial charge in [0, 0.05) is 13.0 Å². The summed E-state index contributed by atoms with van der Waals surface area (Å²) >= 11 is 0. The van der Waals surface area contributed by atoms with E-state index in [0.29, 0.717) is 6.42 Å². The van der Waals surface area contributed by atoms with Crippen molar-refractivity contribution >= 4 is 35.6 Å². The number of nitrogens with zero attached hydrogens (tertiary/aromatic N) is 1. The van der Waals surface area contributed by atoms with Crippen molar-refractivity contribution in [2.24, 2.45) is 28.1 Å². The van der Waals surface area contributed by atoms with Gasteiger partial charge in [0.15, 0.2) is 5.96 Å². The van der Waals surface area contributed by atoms with Crippen LogP contribution in [0.2, 0.25) is 0 Å². The van der Waals surface area contributed by atoms with E-state index in [2.05, 4.69) is 20.9 Å². The predicted molar refractivity (Wildman–Crippen MR) is 125 cm³/mol. The zero-order valence-electron chi connectivity index (χ0n) is 19.9. The molecule has 5 unspecified atom stereocenters. The molecule has 3 amide bonds. The fourth-order valence-corrected chi connectivity index (χ4v) is 2.86. The Balaban J connectivity index is 5.57. The van der Waals surface area contributed by atoms with Crippen LogP contribution in [-0.4, -0.2) is 88.3 Å². The van der Waals surface area contributed by atoms with Gasteiger partial charge in [0.25, 0.3) is 0 Å². The number of carbonyl (C=O) groups excluding carboxylic acids is 3. The number of carboxylic acid groups (broad SMARTS) is 2. The second-order valence-electron chi connectivity index (χ2n) is 8.00. The quantitative estimate of drug-likeness (QED) is 0.0541. The smallest absolute Gasteiger partial charge is 0.328 e. The molecule has 200 valence electrons. The third kappa shape index (κ3) is 12.5. The first-order chi connectivity index (χ1) is 16.3. The monoisotopic (exact) mass is 503 g/mol. The van der Waals surface area contributed by atoms with Crippen molar-refractivity contribution in [1.29, 1.82) is 0 Å². The number of amides is 3. The van der Waals surface area contributed by atoms with Gasteiger partial charge in [-0.05, 0) is 25.2 Å². The number of nitrogens with two attached hydrogens (primary N) is 3. The van der Waals surface area contributed by atoms with Crippen LogP contribution in [-0.2, 0) is 24.0 Å². The lowest BCUT2D eigenvalue weighted by atomic mass is 9.97. The molecular weight excluding hydrogens is 466 g/mol. The number of nitrogens with one attached hydrogen (secondary N) is 3. The highest BCUT2D eigenvalue weighted by molar-refractivity contribution is 5.94. The van der Waals surface area contributed by atoms with Crippen LogP contribution in [0, 0.1) is 5.92 Å². The van der Waals surface area contributed by atoms with Crippen molar-refractivity contribution in [3.63, 3.8) is 0 Å². The average Bonchev–Trinajstić information content (AvgIpc) is 2.79. The molecule has 0 aliphatic heterocycles. The number of guanidine groups is 1. The molecule has 0 spiro atoms. The van der Waals surface area contributed by atoms with Crippen LogP contribution >= 0.6 is 0 Å². The lowest BCUT2D eigenvalue weighted by molar-refractivity contribution is -0.143. The van der Waals surface area contributed by atoms with Crippen molar-refractivity contribution in [3.8, 4) is 0 Å². The Labute approximate surface area is 202 Å². The molecule has 0 rings (SSSR count). The summed E-state index contributed by atoms with van der Waals surface area (Å²) in [4.78, 5) is 63.8. The van der Waals surface area contributed by atoms with Crippen LogP contribution in [0.25, 0.3) is 0 Å². The summed E-state index contributed by atoms with van der Waals surface area (Å²) in [6, 6.07) is -5.08. The number of aliphatic hydroxyl groups is 1. The van der Waals surface area contributed by atoms with E-state index in [-0.39, 0.29) is 38.2 Å². The number of carboxylic acids is 2. The van der Waals surface area contributed by atoms with Crippen molar-refractivity contribution in [3.05, 3.63) is 0 Å². The minimum atomic E-state index is -1.56. The molecule has 15 nitrogen and oxygen atoms in total. The van der Waals surface area contributed by atoms with E-state index >= 15 is 0 Å². The number of aliphatic carboxylic acids is 2. The standard InChI is InChI=1S/C20H37N7O8/c1-3-10(2)15(18(33)26-13(9-28)19(34)35)27-17(32)12(5-4-8-24-20(22)23)25-16(31)11(21)6-7-14(29)30/h10-13,15,28H,3-9,21H2,1-2H3,(H,25,31)(H,26,33)(H,27,32)(H,29,30)(H,34,35)(H4,22,23,24). The molecule has 0 aromatic heterocycles. The molecule has 0 aliphatic rings. The van der Waals surface area contributed by atoms with Gasteiger partial charge in [0.05, 0.1) is 12.6 Å². The first-order valence-corrected chi connectivity index (χ1v) is 11.1. The largest absolute Gasteiger partial charge is 0.481 e. The number of carbonyl (C=O) groups is 5. The lowest BCUT2D eigenvalue weighted by Crippen LogP contribution is -2.59. The van der Waals surface area contributed by atoms with E-state index in [4.69, 9.17) is 27.4 Å². The van der Waals surface area contributed by atoms with E-state index < -0.39 is 66.4 Å². The minimum Gasteiger partial charge on any atom is -0.481 e. The molecule has 12 N–H and O–H groups in total. The van der Waals surface area contributed by atoms with Gasteiger partial charge in [-0.2, -0.15) is 0 Å². The number of aliphatic imine (C=N–C) groups is 1. The Bertz CT molecular complexity index is 773. The predicted octanol–water partition coefficient (Wildman–Crippen LogP) is -3.19. The summed E-state index contributed by atoms with van der Waals surface area (Å²) in [6.45, 7) is 2.72. The van der Waals surface area contributed by atoms with Gasteiger partial charge in [-0.3, -0.25) is 24.2 Å². The summed E-state index contributed by atoms with van der Waals surface area (Å²) in [5.41, 5.74) is 16.3. The molecule has 0 aromatic carbocycles. The molecule has 0 radical (unpaired) electrons. The number of rotatable bonds is 17. The molecule has 35 heavy (non-hydrogen) atoms. The van der Waals surface area contributed by atoms with E-state index in [1.165, 1.54) is 0 Å².